The van der Waals surface area contributed by atoms with Crippen LogP contribution in [0.3, 0.4) is 0 Å². The van der Waals surface area contributed by atoms with E-state index in [1.165, 1.54) is 6.07 Å². The molecule has 1 aromatic heterocycles. The first-order valence-corrected chi connectivity index (χ1v) is 9.02. The summed E-state index contributed by atoms with van der Waals surface area (Å²) in [5.41, 5.74) is 1.01. The van der Waals surface area contributed by atoms with Gasteiger partial charge in [-0.25, -0.2) is 4.98 Å². The molecule has 29 heavy (non-hydrogen) atoms. The second kappa shape index (κ2) is 8.52. The molecular weight excluding hydrogens is 385 g/mol. The van der Waals surface area contributed by atoms with Gasteiger partial charge in [0.2, 0.25) is 5.95 Å². The van der Waals surface area contributed by atoms with Crippen LogP contribution in [0.25, 0.3) is 11.0 Å². The molecule has 0 bridgehead atoms. The first kappa shape index (κ1) is 20.7. The van der Waals surface area contributed by atoms with Gasteiger partial charge in [0.15, 0.2) is 0 Å². The van der Waals surface area contributed by atoms with Crippen molar-refractivity contribution in [1.82, 2.24) is 15.3 Å². The third-order valence-corrected chi connectivity index (χ3v) is 4.63. The van der Waals surface area contributed by atoms with Gasteiger partial charge >= 0.3 is 12.1 Å². The number of alkyl halides is 3. The number of imidazole rings is 1. The number of hydrogen-bond acceptors (Lipinski definition) is 4. The van der Waals surface area contributed by atoms with Crippen LogP contribution in [0.5, 0.6) is 0 Å². The van der Waals surface area contributed by atoms with Gasteiger partial charge in [0, 0.05) is 12.5 Å². The molecule has 154 valence electrons. The molecule has 0 amide bonds. The lowest BCUT2D eigenvalue weighted by atomic mass is 9.89. The predicted octanol–water partition coefficient (Wildman–Crippen LogP) is 4.05. The molecule has 2 aromatic carbocycles. The molecule has 9 heteroatoms. The third-order valence-electron chi connectivity index (χ3n) is 4.63. The molecule has 2 atom stereocenters. The summed E-state index contributed by atoms with van der Waals surface area (Å²) in [7, 11) is 1.67. The first-order valence-electron chi connectivity index (χ1n) is 9.02. The summed E-state index contributed by atoms with van der Waals surface area (Å²) >= 11 is 0. The van der Waals surface area contributed by atoms with Crippen molar-refractivity contribution < 1.29 is 23.1 Å². The number of anilines is 1. The van der Waals surface area contributed by atoms with E-state index in [0.717, 1.165) is 17.6 Å². The van der Waals surface area contributed by atoms with Gasteiger partial charge in [-0.2, -0.15) is 13.2 Å². The lowest BCUT2D eigenvalue weighted by Crippen LogP contribution is -2.31. The van der Waals surface area contributed by atoms with E-state index in [4.69, 9.17) is 0 Å². The lowest BCUT2D eigenvalue weighted by molar-refractivity contribution is -0.139. The summed E-state index contributed by atoms with van der Waals surface area (Å²) in [4.78, 5) is 18.9. The number of carbonyl (C=O) groups is 1. The van der Waals surface area contributed by atoms with E-state index in [9.17, 15) is 23.1 Å². The van der Waals surface area contributed by atoms with Crippen molar-refractivity contribution in [1.29, 1.82) is 0 Å². The molecule has 0 fully saturated rings. The third kappa shape index (κ3) is 5.05. The Bertz CT molecular complexity index is 954. The number of benzene rings is 2. The molecule has 3 aromatic rings. The Hall–Kier alpha value is -3.07. The molecule has 0 aliphatic rings. The number of hydrogen-bond donors (Lipinski definition) is 4. The monoisotopic (exact) mass is 406 g/mol. The summed E-state index contributed by atoms with van der Waals surface area (Å²) in [6.45, 7) is 0.292. The minimum absolute atomic E-state index is 0.227. The normalized spacial score (nSPS) is 13.9. The minimum Gasteiger partial charge on any atom is -0.481 e. The number of nitrogens with one attached hydrogen (secondary N) is 3. The largest absolute Gasteiger partial charge is 0.481 e. The highest BCUT2D eigenvalue weighted by Gasteiger charge is 2.32. The highest BCUT2D eigenvalue weighted by molar-refractivity contribution is 5.77. The number of nitrogens with zero attached hydrogens (tertiary/aromatic N) is 1. The molecule has 1 heterocycles. The van der Waals surface area contributed by atoms with E-state index in [2.05, 4.69) is 20.6 Å². The van der Waals surface area contributed by atoms with Crippen molar-refractivity contribution >= 4 is 23.0 Å². The first-order chi connectivity index (χ1) is 13.8. The molecular formula is C20H21F3N4O2. The minimum atomic E-state index is -4.49. The van der Waals surface area contributed by atoms with Gasteiger partial charge in [-0.1, -0.05) is 24.3 Å². The quantitative estimate of drug-likeness (QED) is 0.453. The van der Waals surface area contributed by atoms with Crippen LogP contribution in [-0.4, -0.2) is 34.6 Å². The smallest absolute Gasteiger partial charge is 0.416 e. The summed E-state index contributed by atoms with van der Waals surface area (Å²) in [6, 6.07) is 11.5. The Balaban J connectivity index is 2.01. The number of halogens is 3. The van der Waals surface area contributed by atoms with Crippen LogP contribution in [0, 0.1) is 5.92 Å². The molecule has 3 rings (SSSR count). The van der Waals surface area contributed by atoms with Gasteiger partial charge in [0.1, 0.15) is 0 Å². The van der Waals surface area contributed by atoms with Crippen molar-refractivity contribution in [2.75, 3.05) is 18.9 Å². The summed E-state index contributed by atoms with van der Waals surface area (Å²) in [5, 5.41) is 15.4. The highest BCUT2D eigenvalue weighted by atomic mass is 19.4. The molecule has 0 saturated carbocycles. The fourth-order valence-electron chi connectivity index (χ4n) is 3.34. The summed E-state index contributed by atoms with van der Waals surface area (Å²) < 4.78 is 39.6. The average molecular weight is 406 g/mol. The Morgan fingerprint density at radius 2 is 1.97 bits per heavy atom. The zero-order valence-electron chi connectivity index (χ0n) is 15.6. The molecule has 0 aliphatic heterocycles. The van der Waals surface area contributed by atoms with E-state index in [1.54, 1.807) is 19.2 Å². The van der Waals surface area contributed by atoms with Gasteiger partial charge < -0.3 is 20.7 Å². The van der Waals surface area contributed by atoms with E-state index in [0.29, 0.717) is 23.6 Å². The lowest BCUT2D eigenvalue weighted by Gasteiger charge is -2.28. The predicted molar refractivity (Wildman–Crippen MR) is 104 cm³/mol. The maximum Gasteiger partial charge on any atom is 0.416 e. The van der Waals surface area contributed by atoms with E-state index >= 15 is 0 Å². The Labute approximate surface area is 165 Å². The second-order valence-electron chi connectivity index (χ2n) is 6.76. The van der Waals surface area contributed by atoms with Crippen molar-refractivity contribution in [3.63, 3.8) is 0 Å². The Morgan fingerprint density at radius 1 is 1.21 bits per heavy atom. The van der Waals surface area contributed by atoms with Gasteiger partial charge in [0.25, 0.3) is 0 Å². The van der Waals surface area contributed by atoms with Gasteiger partial charge in [-0.3, -0.25) is 4.79 Å². The van der Waals surface area contributed by atoms with Crippen LogP contribution in [0.4, 0.5) is 19.1 Å². The number of carboxylic acids is 1. The number of fused-ring (bicyclic) bond motifs is 1. The topological polar surface area (TPSA) is 90.0 Å². The van der Waals surface area contributed by atoms with Crippen molar-refractivity contribution in [3.8, 4) is 0 Å². The number of aromatic nitrogens is 2. The molecule has 0 aliphatic carbocycles. The van der Waals surface area contributed by atoms with Crippen LogP contribution in [0.1, 0.15) is 23.6 Å². The van der Waals surface area contributed by atoms with Gasteiger partial charge in [-0.15, -0.1) is 0 Å². The van der Waals surface area contributed by atoms with Crippen LogP contribution < -0.4 is 10.6 Å². The number of aliphatic carboxylic acids is 1. The Kier molecular flexibility index (Phi) is 6.07. The zero-order valence-corrected chi connectivity index (χ0v) is 15.6. The molecule has 6 nitrogen and oxygen atoms in total. The van der Waals surface area contributed by atoms with E-state index < -0.39 is 29.7 Å². The van der Waals surface area contributed by atoms with Crippen LogP contribution in [-0.2, 0) is 11.0 Å². The highest BCUT2D eigenvalue weighted by Crippen LogP contribution is 2.34. The van der Waals surface area contributed by atoms with E-state index in [1.807, 2.05) is 18.2 Å². The molecule has 0 saturated heterocycles. The number of para-hydroxylation sites is 2. The van der Waals surface area contributed by atoms with Crippen molar-refractivity contribution in [3.05, 3.63) is 59.7 Å². The summed E-state index contributed by atoms with van der Waals surface area (Å²) in [5.74, 6) is -1.19. The van der Waals surface area contributed by atoms with Crippen LogP contribution in [0.15, 0.2) is 48.5 Å². The number of carboxylic acid groups (broad SMARTS) is 1. The molecule has 0 spiro atoms. The van der Waals surface area contributed by atoms with Gasteiger partial charge in [0.05, 0.1) is 29.1 Å². The number of aromatic amines is 1. The molecule has 2 unspecified atom stereocenters. The van der Waals surface area contributed by atoms with Crippen LogP contribution >= 0.6 is 0 Å². The Morgan fingerprint density at radius 3 is 2.62 bits per heavy atom. The number of H-pyrrole nitrogens is 1. The maximum atomic E-state index is 13.2. The standard InChI is InChI=1S/C20H21F3N4O2/c1-24-11-13(10-17(28)29)18(12-5-4-6-14(9-12)20(21,22)23)27-19-25-15-7-2-3-8-16(15)26-19/h2-9,13,18,24H,10-11H2,1H3,(H,28,29)(H2,25,26,27). The van der Waals surface area contributed by atoms with Gasteiger partial charge in [-0.05, 0) is 36.9 Å². The SMILES string of the molecule is CNCC(CC(=O)O)C(Nc1nc2ccccc2[nH]1)c1cccc(C(F)(F)F)c1. The summed E-state index contributed by atoms with van der Waals surface area (Å²) in [6.07, 6.45) is -4.72. The number of rotatable bonds is 8. The zero-order chi connectivity index (χ0) is 21.0. The van der Waals surface area contributed by atoms with Crippen molar-refractivity contribution in [2.45, 2.75) is 18.6 Å². The van der Waals surface area contributed by atoms with E-state index in [-0.39, 0.29) is 6.42 Å². The fraction of sp³-hybridized carbons (Fsp3) is 0.300. The second-order valence-corrected chi connectivity index (χ2v) is 6.76. The fourth-order valence-corrected chi connectivity index (χ4v) is 3.34. The van der Waals surface area contributed by atoms with Crippen LogP contribution in [0.2, 0.25) is 0 Å². The average Bonchev–Trinajstić information content (AvgIpc) is 3.07. The molecule has 4 N–H and O–H groups in total. The van der Waals surface area contributed by atoms with Crippen molar-refractivity contribution in [2.24, 2.45) is 5.92 Å². The maximum absolute atomic E-state index is 13.2. The molecule has 0 radical (unpaired) electrons.